The zero-order valence-corrected chi connectivity index (χ0v) is 43.1. The van der Waals surface area contributed by atoms with Crippen LogP contribution in [0.2, 0.25) is 0 Å². The lowest BCUT2D eigenvalue weighted by molar-refractivity contribution is -0.167. The predicted molar refractivity (Wildman–Crippen MR) is 288 cm³/mol. The molecule has 6 heteroatoms. The largest absolute Gasteiger partial charge is 0.462 e. The first-order chi connectivity index (χ1) is 33.0. The van der Waals surface area contributed by atoms with Crippen LogP contribution < -0.4 is 0 Å². The number of allylic oxidation sites excluding steroid dienone is 20. The summed E-state index contributed by atoms with van der Waals surface area (Å²) in [4.78, 5) is 37.8. The molecule has 0 aliphatic rings. The van der Waals surface area contributed by atoms with Gasteiger partial charge in [0.05, 0.1) is 0 Å². The number of carbonyl (C=O) groups is 3. The SMILES string of the molecule is CC/C=C\C/C=C\C/C=C\C/C=C\C/C=C\C/C=C\C/C=C\C/C=C\C/C=C\CCCC(=O)OCC(COC(=O)CCCCCCCCCCCC)OC(=O)CCCCCCC/C=C\CCC. The molecule has 0 saturated heterocycles. The Balaban J connectivity index is 4.33. The molecular weight excluding hydrogens is 829 g/mol. The lowest BCUT2D eigenvalue weighted by Crippen LogP contribution is -2.30. The maximum Gasteiger partial charge on any atom is 0.306 e. The Kier molecular flexibility index (Phi) is 51.0. The molecule has 1 atom stereocenters. The van der Waals surface area contributed by atoms with Gasteiger partial charge in [-0.15, -0.1) is 0 Å². The second kappa shape index (κ2) is 54.4. The van der Waals surface area contributed by atoms with Gasteiger partial charge in [0.15, 0.2) is 6.10 Å². The van der Waals surface area contributed by atoms with Crippen LogP contribution in [0, 0.1) is 0 Å². The van der Waals surface area contributed by atoms with Crippen molar-refractivity contribution in [3.8, 4) is 0 Å². The summed E-state index contributed by atoms with van der Waals surface area (Å²) < 4.78 is 16.7. The van der Waals surface area contributed by atoms with Crippen molar-refractivity contribution in [1.82, 2.24) is 0 Å². The van der Waals surface area contributed by atoms with Crippen molar-refractivity contribution in [2.45, 2.75) is 232 Å². The van der Waals surface area contributed by atoms with Gasteiger partial charge < -0.3 is 14.2 Å². The number of ether oxygens (including phenoxy) is 3. The van der Waals surface area contributed by atoms with Gasteiger partial charge in [-0.2, -0.15) is 0 Å². The molecule has 0 heterocycles. The van der Waals surface area contributed by atoms with E-state index in [2.05, 4.69) is 142 Å². The molecule has 0 aromatic heterocycles. The molecule has 67 heavy (non-hydrogen) atoms. The summed E-state index contributed by atoms with van der Waals surface area (Å²) in [6.07, 6.45) is 74.9. The van der Waals surface area contributed by atoms with E-state index < -0.39 is 6.10 Å². The standard InChI is InChI=1S/C61H98O6/c1-4-7-10-13-16-19-22-23-24-25-26-27-28-29-30-31-32-33-34-35-36-37-38-39-40-43-45-48-51-54-60(63)66-57-58(67-61(64)55-52-49-46-42-21-18-15-12-9-6-3)56-65-59(62)53-50-47-44-41-20-17-14-11-8-5-2/h7,10,12,15-16,19,23-24,26-27,29-30,32-33,35-36,38-39,43,45,58H,4-6,8-9,11,13-14,17-18,20-22,25,28,31,34,37,40-42,44,46-57H2,1-3H3/b10-7-,15-12-,19-16-,24-23-,27-26-,30-29-,33-32-,36-35-,39-38-,45-43-. The number of rotatable bonds is 47. The van der Waals surface area contributed by atoms with Crippen molar-refractivity contribution in [2.24, 2.45) is 0 Å². The van der Waals surface area contributed by atoms with E-state index in [1.807, 2.05) is 0 Å². The van der Waals surface area contributed by atoms with Gasteiger partial charge in [0, 0.05) is 19.3 Å². The normalized spacial score (nSPS) is 13.1. The minimum absolute atomic E-state index is 0.101. The molecule has 1 unspecified atom stereocenters. The van der Waals surface area contributed by atoms with Gasteiger partial charge in [0.25, 0.3) is 0 Å². The molecule has 0 amide bonds. The molecule has 0 aliphatic carbocycles. The molecule has 0 aromatic carbocycles. The predicted octanol–water partition coefficient (Wildman–Crippen LogP) is 18.1. The summed E-state index contributed by atoms with van der Waals surface area (Å²) in [5, 5.41) is 0. The number of esters is 3. The summed E-state index contributed by atoms with van der Waals surface area (Å²) >= 11 is 0. The zero-order valence-electron chi connectivity index (χ0n) is 43.1. The summed E-state index contributed by atoms with van der Waals surface area (Å²) in [6, 6.07) is 0. The van der Waals surface area contributed by atoms with Crippen LogP contribution in [0.1, 0.15) is 226 Å². The van der Waals surface area contributed by atoms with Crippen LogP contribution in [-0.4, -0.2) is 37.2 Å². The number of hydrogen-bond donors (Lipinski definition) is 0. The number of unbranched alkanes of at least 4 members (excludes halogenated alkanes) is 16. The van der Waals surface area contributed by atoms with Crippen molar-refractivity contribution < 1.29 is 28.6 Å². The first-order valence-electron chi connectivity index (χ1n) is 27.0. The smallest absolute Gasteiger partial charge is 0.306 e. The highest BCUT2D eigenvalue weighted by atomic mass is 16.6. The van der Waals surface area contributed by atoms with Crippen LogP contribution in [0.4, 0.5) is 0 Å². The average molecular weight is 927 g/mol. The van der Waals surface area contributed by atoms with Gasteiger partial charge in [-0.05, 0) is 103 Å². The van der Waals surface area contributed by atoms with Crippen molar-refractivity contribution in [2.75, 3.05) is 13.2 Å². The fourth-order valence-electron chi connectivity index (χ4n) is 6.92. The Bertz CT molecular complexity index is 1440. The third kappa shape index (κ3) is 52.6. The summed E-state index contributed by atoms with van der Waals surface area (Å²) in [5.74, 6) is -0.983. The Labute approximate surface area is 412 Å². The minimum Gasteiger partial charge on any atom is -0.462 e. The number of hydrogen-bond acceptors (Lipinski definition) is 6. The molecular formula is C61H98O6. The van der Waals surface area contributed by atoms with E-state index in [-0.39, 0.29) is 37.5 Å². The Morgan fingerprint density at radius 3 is 1.04 bits per heavy atom. The second-order valence-electron chi connectivity index (χ2n) is 17.4. The maximum atomic E-state index is 12.7. The maximum absolute atomic E-state index is 12.7. The molecule has 0 fully saturated rings. The fourth-order valence-corrected chi connectivity index (χ4v) is 6.92. The van der Waals surface area contributed by atoms with Crippen molar-refractivity contribution in [3.63, 3.8) is 0 Å². The molecule has 0 aromatic rings. The molecule has 6 nitrogen and oxygen atoms in total. The van der Waals surface area contributed by atoms with Crippen molar-refractivity contribution in [1.29, 1.82) is 0 Å². The van der Waals surface area contributed by atoms with E-state index in [9.17, 15) is 14.4 Å². The third-order valence-corrected chi connectivity index (χ3v) is 10.9. The van der Waals surface area contributed by atoms with E-state index in [1.165, 1.54) is 57.8 Å². The summed E-state index contributed by atoms with van der Waals surface area (Å²) in [5.41, 5.74) is 0. The van der Waals surface area contributed by atoms with Gasteiger partial charge in [-0.1, -0.05) is 226 Å². The fraction of sp³-hybridized carbons (Fsp3) is 0.623. The van der Waals surface area contributed by atoms with Crippen molar-refractivity contribution >= 4 is 17.9 Å². The minimum atomic E-state index is -0.804. The van der Waals surface area contributed by atoms with Crippen molar-refractivity contribution in [3.05, 3.63) is 122 Å². The van der Waals surface area contributed by atoms with E-state index in [4.69, 9.17) is 14.2 Å². The highest BCUT2D eigenvalue weighted by Gasteiger charge is 2.19. The van der Waals surface area contributed by atoms with Gasteiger partial charge in [-0.3, -0.25) is 14.4 Å². The van der Waals surface area contributed by atoms with E-state index in [1.54, 1.807) is 0 Å². The average Bonchev–Trinajstić information content (AvgIpc) is 3.33. The van der Waals surface area contributed by atoms with Crippen LogP contribution in [0.3, 0.4) is 0 Å². The molecule has 0 saturated carbocycles. The van der Waals surface area contributed by atoms with Crippen LogP contribution in [0.15, 0.2) is 122 Å². The first-order valence-corrected chi connectivity index (χ1v) is 27.0. The van der Waals surface area contributed by atoms with Crippen LogP contribution in [0.25, 0.3) is 0 Å². The first kappa shape index (κ1) is 62.8. The Morgan fingerprint density at radius 2 is 0.627 bits per heavy atom. The van der Waals surface area contributed by atoms with Gasteiger partial charge in [-0.25, -0.2) is 0 Å². The molecule has 0 bridgehead atoms. The highest BCUT2D eigenvalue weighted by molar-refractivity contribution is 5.71. The quantitative estimate of drug-likeness (QED) is 0.0262. The van der Waals surface area contributed by atoms with Crippen LogP contribution >= 0.6 is 0 Å². The van der Waals surface area contributed by atoms with E-state index in [0.717, 1.165) is 122 Å². The Hall–Kier alpha value is -4.19. The Morgan fingerprint density at radius 1 is 0.313 bits per heavy atom. The van der Waals surface area contributed by atoms with Crippen LogP contribution in [0.5, 0.6) is 0 Å². The topological polar surface area (TPSA) is 78.9 Å². The lowest BCUT2D eigenvalue weighted by atomic mass is 10.1. The molecule has 378 valence electrons. The van der Waals surface area contributed by atoms with Crippen LogP contribution in [-0.2, 0) is 28.6 Å². The van der Waals surface area contributed by atoms with Gasteiger partial charge in [0.1, 0.15) is 13.2 Å². The zero-order chi connectivity index (χ0) is 48.6. The molecule has 0 rings (SSSR count). The summed E-state index contributed by atoms with van der Waals surface area (Å²) in [7, 11) is 0. The van der Waals surface area contributed by atoms with Gasteiger partial charge >= 0.3 is 17.9 Å². The van der Waals surface area contributed by atoms with E-state index >= 15 is 0 Å². The monoisotopic (exact) mass is 927 g/mol. The van der Waals surface area contributed by atoms with Gasteiger partial charge in [0.2, 0.25) is 0 Å². The molecule has 0 radical (unpaired) electrons. The van der Waals surface area contributed by atoms with E-state index in [0.29, 0.717) is 19.3 Å². The highest BCUT2D eigenvalue weighted by Crippen LogP contribution is 2.13. The molecule has 0 aliphatic heterocycles. The second-order valence-corrected chi connectivity index (χ2v) is 17.4. The molecule has 0 spiro atoms. The lowest BCUT2D eigenvalue weighted by Gasteiger charge is -2.18. The third-order valence-electron chi connectivity index (χ3n) is 10.9. The summed E-state index contributed by atoms with van der Waals surface area (Å²) in [6.45, 7) is 6.37. The molecule has 0 N–H and O–H groups in total. The number of carbonyl (C=O) groups excluding carboxylic acids is 3.